The number of ether oxygens (including phenoxy) is 2. The zero-order valence-corrected chi connectivity index (χ0v) is 7.71. The number of alkyl halides is 2. The smallest absolute Gasteiger partial charge is 0.262 e. The van der Waals surface area contributed by atoms with E-state index in [1.807, 2.05) is 13.8 Å². The third-order valence-electron chi connectivity index (χ3n) is 0.879. The highest BCUT2D eigenvalue weighted by Gasteiger charge is 2.26. The first-order valence-corrected chi connectivity index (χ1v) is 4.12. The van der Waals surface area contributed by atoms with Crippen LogP contribution in [-0.4, -0.2) is 24.3 Å². The summed E-state index contributed by atoms with van der Waals surface area (Å²) in [6.07, 6.45) is 0. The minimum Gasteiger partial charge on any atom is -0.337 e. The first-order valence-electron chi connectivity index (χ1n) is 3.21. The lowest BCUT2D eigenvalue weighted by molar-refractivity contribution is -0.156. The van der Waals surface area contributed by atoms with E-state index in [9.17, 15) is 0 Å². The molecule has 0 atom stereocenters. The van der Waals surface area contributed by atoms with Crippen molar-refractivity contribution in [1.29, 1.82) is 0 Å². The first-order chi connectivity index (χ1) is 4.68. The minimum atomic E-state index is -1.12. The molecule has 0 N–H and O–H groups in total. The van der Waals surface area contributed by atoms with Crippen LogP contribution in [0.4, 0.5) is 0 Å². The van der Waals surface area contributed by atoms with Gasteiger partial charge in [0.1, 0.15) is 0 Å². The van der Waals surface area contributed by atoms with Gasteiger partial charge in [-0.2, -0.15) is 0 Å². The summed E-state index contributed by atoms with van der Waals surface area (Å²) in [5.41, 5.74) is 0. The lowest BCUT2D eigenvalue weighted by Crippen LogP contribution is -2.31. The molecule has 0 amide bonds. The Morgan fingerprint density at radius 3 is 1.80 bits per heavy atom. The van der Waals surface area contributed by atoms with Gasteiger partial charge in [0.2, 0.25) is 0 Å². The van der Waals surface area contributed by atoms with Crippen LogP contribution in [0.5, 0.6) is 0 Å². The second-order valence-electron chi connectivity index (χ2n) is 1.66. The highest BCUT2D eigenvalue weighted by molar-refractivity contribution is 6.29. The van der Waals surface area contributed by atoms with Gasteiger partial charge in [-0.05, 0) is 13.8 Å². The van der Waals surface area contributed by atoms with E-state index in [1.165, 1.54) is 0 Å². The Morgan fingerprint density at radius 1 is 1.20 bits per heavy atom. The summed E-state index contributed by atoms with van der Waals surface area (Å²) in [7, 11) is 0. The molecular weight excluding hydrogens is 175 g/mol. The van der Waals surface area contributed by atoms with E-state index in [2.05, 4.69) is 0 Å². The van der Waals surface area contributed by atoms with Crippen LogP contribution in [0.1, 0.15) is 13.8 Å². The fraction of sp³-hybridized carbons (Fsp3) is 1.00. The van der Waals surface area contributed by atoms with E-state index in [0.717, 1.165) is 0 Å². The van der Waals surface area contributed by atoms with Crippen LogP contribution in [0.2, 0.25) is 0 Å². The molecule has 0 radical (unpaired) electrons. The van der Waals surface area contributed by atoms with Crippen LogP contribution in [0.25, 0.3) is 0 Å². The van der Waals surface area contributed by atoms with Gasteiger partial charge >= 0.3 is 0 Å². The van der Waals surface area contributed by atoms with Gasteiger partial charge in [0.25, 0.3) is 5.25 Å². The summed E-state index contributed by atoms with van der Waals surface area (Å²) in [6, 6.07) is 0. The summed E-state index contributed by atoms with van der Waals surface area (Å²) in [4.78, 5) is 0. The van der Waals surface area contributed by atoms with Gasteiger partial charge in [-0.15, -0.1) is 11.6 Å². The van der Waals surface area contributed by atoms with E-state index in [-0.39, 0.29) is 5.88 Å². The molecule has 0 aromatic heterocycles. The normalized spacial score (nSPS) is 12.0. The van der Waals surface area contributed by atoms with E-state index in [4.69, 9.17) is 32.7 Å². The Morgan fingerprint density at radius 2 is 1.60 bits per heavy atom. The highest BCUT2D eigenvalue weighted by Crippen LogP contribution is 2.20. The van der Waals surface area contributed by atoms with Gasteiger partial charge in [-0.25, -0.2) is 0 Å². The molecule has 0 aliphatic heterocycles. The maximum atomic E-state index is 5.75. The lowest BCUT2D eigenvalue weighted by atomic mass is 10.7. The monoisotopic (exact) mass is 186 g/mol. The Kier molecular flexibility index (Phi) is 5.45. The SMILES string of the molecule is CCOC(Cl)(CCl)OCC. The maximum Gasteiger partial charge on any atom is 0.262 e. The van der Waals surface area contributed by atoms with Crippen molar-refractivity contribution in [1.82, 2.24) is 0 Å². The van der Waals surface area contributed by atoms with Crippen LogP contribution in [-0.2, 0) is 9.47 Å². The van der Waals surface area contributed by atoms with Crippen molar-refractivity contribution in [3.8, 4) is 0 Å². The molecule has 0 unspecified atom stereocenters. The van der Waals surface area contributed by atoms with E-state index in [1.54, 1.807) is 0 Å². The summed E-state index contributed by atoms with van der Waals surface area (Å²) < 4.78 is 10.1. The van der Waals surface area contributed by atoms with Crippen molar-refractivity contribution in [2.75, 3.05) is 19.1 Å². The quantitative estimate of drug-likeness (QED) is 0.485. The summed E-state index contributed by atoms with van der Waals surface area (Å²) in [5, 5.41) is -1.12. The van der Waals surface area contributed by atoms with Crippen LogP contribution in [0.15, 0.2) is 0 Å². The molecule has 0 saturated heterocycles. The average molecular weight is 187 g/mol. The molecule has 2 nitrogen and oxygen atoms in total. The molecule has 4 heteroatoms. The molecule has 0 bridgehead atoms. The van der Waals surface area contributed by atoms with Crippen molar-refractivity contribution >= 4 is 23.2 Å². The van der Waals surface area contributed by atoms with Crippen molar-refractivity contribution in [2.24, 2.45) is 0 Å². The summed E-state index contributed by atoms with van der Waals surface area (Å²) in [6.45, 7) is 4.66. The van der Waals surface area contributed by atoms with Crippen molar-refractivity contribution in [3.63, 3.8) is 0 Å². The Labute approximate surface area is 71.4 Å². The molecule has 0 saturated carbocycles. The van der Waals surface area contributed by atoms with E-state index in [0.29, 0.717) is 13.2 Å². The molecule has 0 heterocycles. The van der Waals surface area contributed by atoms with Crippen LogP contribution in [0.3, 0.4) is 0 Å². The van der Waals surface area contributed by atoms with E-state index < -0.39 is 5.25 Å². The van der Waals surface area contributed by atoms with Gasteiger partial charge in [-0.1, -0.05) is 11.6 Å². The van der Waals surface area contributed by atoms with Gasteiger partial charge in [0, 0.05) is 13.2 Å². The topological polar surface area (TPSA) is 18.5 Å². The molecule has 10 heavy (non-hydrogen) atoms. The average Bonchev–Trinajstić information content (AvgIpc) is 1.89. The molecule has 0 aliphatic carbocycles. The molecule has 0 aliphatic rings. The summed E-state index contributed by atoms with van der Waals surface area (Å²) >= 11 is 11.2. The van der Waals surface area contributed by atoms with Crippen molar-refractivity contribution in [3.05, 3.63) is 0 Å². The molecule has 0 spiro atoms. The largest absolute Gasteiger partial charge is 0.337 e. The standard InChI is InChI=1S/C6H12Cl2O2/c1-3-9-6(8,5-7)10-4-2/h3-5H2,1-2H3. The minimum absolute atomic E-state index is 0.135. The summed E-state index contributed by atoms with van der Waals surface area (Å²) in [5.74, 6) is 0.135. The molecular formula is C6H12Cl2O2. The third kappa shape index (κ3) is 3.62. The van der Waals surface area contributed by atoms with Crippen LogP contribution >= 0.6 is 23.2 Å². The predicted octanol–water partition coefficient (Wildman–Crippen LogP) is 2.19. The Balaban J connectivity index is 3.69. The van der Waals surface area contributed by atoms with Gasteiger partial charge in [0.05, 0.1) is 5.88 Å². The molecule has 0 aromatic carbocycles. The number of rotatable bonds is 5. The van der Waals surface area contributed by atoms with Crippen molar-refractivity contribution < 1.29 is 9.47 Å². The molecule has 62 valence electrons. The predicted molar refractivity (Wildman–Crippen MR) is 42.6 cm³/mol. The van der Waals surface area contributed by atoms with Gasteiger partial charge < -0.3 is 9.47 Å². The zero-order chi connectivity index (χ0) is 8.04. The number of hydrogen-bond donors (Lipinski definition) is 0. The highest BCUT2D eigenvalue weighted by atomic mass is 35.5. The third-order valence-corrected chi connectivity index (χ3v) is 1.72. The van der Waals surface area contributed by atoms with E-state index >= 15 is 0 Å². The molecule has 0 aromatic rings. The van der Waals surface area contributed by atoms with Crippen LogP contribution < -0.4 is 0 Å². The Bertz CT molecular complexity index is 81.8. The van der Waals surface area contributed by atoms with Gasteiger partial charge in [-0.3, -0.25) is 0 Å². The second-order valence-corrected chi connectivity index (χ2v) is 2.50. The van der Waals surface area contributed by atoms with Gasteiger partial charge in [0.15, 0.2) is 0 Å². The van der Waals surface area contributed by atoms with Crippen molar-refractivity contribution in [2.45, 2.75) is 19.1 Å². The lowest BCUT2D eigenvalue weighted by Gasteiger charge is -2.23. The zero-order valence-electron chi connectivity index (χ0n) is 6.19. The first kappa shape index (κ1) is 10.5. The maximum absolute atomic E-state index is 5.75. The molecule has 0 rings (SSSR count). The molecule has 0 fully saturated rings. The van der Waals surface area contributed by atoms with Crippen LogP contribution in [0, 0.1) is 0 Å². The number of hydrogen-bond acceptors (Lipinski definition) is 2. The second kappa shape index (κ2) is 5.19. The Hall–Kier alpha value is 0.500. The number of halogens is 2. The fourth-order valence-electron chi connectivity index (χ4n) is 0.550. The fourth-order valence-corrected chi connectivity index (χ4v) is 0.922.